The molecule has 0 aromatic carbocycles. The second-order valence-corrected chi connectivity index (χ2v) is 4.95. The molecule has 110 valence electrons. The molecule has 1 unspecified atom stereocenters. The van der Waals surface area contributed by atoms with Crippen LogP contribution < -0.4 is 0 Å². The normalized spacial score (nSPS) is 19.1. The van der Waals surface area contributed by atoms with Gasteiger partial charge < -0.3 is 14.7 Å². The van der Waals surface area contributed by atoms with Crippen LogP contribution in [-0.2, 0) is 20.7 Å². The van der Waals surface area contributed by atoms with Crippen LogP contribution in [0.5, 0.6) is 0 Å². The molecule has 1 saturated heterocycles. The Balaban J connectivity index is 1.90. The summed E-state index contributed by atoms with van der Waals surface area (Å²) in [5.41, 5.74) is 2.93. The minimum Gasteiger partial charge on any atom is -0.479 e. The van der Waals surface area contributed by atoms with Crippen molar-refractivity contribution in [2.75, 3.05) is 19.7 Å². The van der Waals surface area contributed by atoms with Crippen molar-refractivity contribution in [3.8, 4) is 0 Å². The fraction of sp³-hybridized carbons (Fsp3) is 0.615. The molecule has 1 aliphatic rings. The number of carbonyl (C=O) groups excluding carboxylic acids is 1. The quantitative estimate of drug-likeness (QED) is 0.826. The Morgan fingerprint density at radius 2 is 2.25 bits per heavy atom. The Hall–Kier alpha value is -1.89. The van der Waals surface area contributed by atoms with Gasteiger partial charge in [-0.05, 0) is 25.8 Å². The third-order valence-corrected chi connectivity index (χ3v) is 3.56. The van der Waals surface area contributed by atoms with Crippen LogP contribution in [0, 0.1) is 13.8 Å². The van der Waals surface area contributed by atoms with Gasteiger partial charge in [0.1, 0.15) is 0 Å². The summed E-state index contributed by atoms with van der Waals surface area (Å²) in [5.74, 6) is -1.07. The molecule has 7 heteroatoms. The minimum absolute atomic E-state index is 0.0421. The third-order valence-electron chi connectivity index (χ3n) is 3.56. The standard InChI is InChI=1S/C13H19N3O4/c1-8-10(9(2)15-14-8)3-4-12(17)16-5-6-20-11(7-16)13(18)19/h11H,3-7H2,1-2H3,(H,14,15)(H,18,19). The maximum Gasteiger partial charge on any atom is 0.334 e. The maximum absolute atomic E-state index is 12.1. The fourth-order valence-corrected chi connectivity index (χ4v) is 2.36. The van der Waals surface area contributed by atoms with Gasteiger partial charge in [-0.3, -0.25) is 9.89 Å². The van der Waals surface area contributed by atoms with E-state index in [1.165, 1.54) is 0 Å². The van der Waals surface area contributed by atoms with Crippen molar-refractivity contribution in [2.45, 2.75) is 32.8 Å². The van der Waals surface area contributed by atoms with Crippen molar-refractivity contribution in [1.29, 1.82) is 0 Å². The molecule has 2 heterocycles. The molecule has 0 radical (unpaired) electrons. The number of aliphatic carboxylic acids is 1. The van der Waals surface area contributed by atoms with Gasteiger partial charge in [-0.1, -0.05) is 0 Å². The highest BCUT2D eigenvalue weighted by Gasteiger charge is 2.28. The molecule has 1 aliphatic heterocycles. The molecule has 0 bridgehead atoms. The molecule has 20 heavy (non-hydrogen) atoms. The average Bonchev–Trinajstić information content (AvgIpc) is 2.75. The molecule has 2 N–H and O–H groups in total. The van der Waals surface area contributed by atoms with Crippen LogP contribution >= 0.6 is 0 Å². The maximum atomic E-state index is 12.1. The summed E-state index contributed by atoms with van der Waals surface area (Å²) in [6, 6.07) is 0. The van der Waals surface area contributed by atoms with Crippen molar-refractivity contribution in [3.63, 3.8) is 0 Å². The number of aromatic amines is 1. The second-order valence-electron chi connectivity index (χ2n) is 4.95. The van der Waals surface area contributed by atoms with E-state index in [0.29, 0.717) is 19.4 Å². The molecule has 2 rings (SSSR count). The van der Waals surface area contributed by atoms with Gasteiger partial charge in [0, 0.05) is 18.7 Å². The lowest BCUT2D eigenvalue weighted by Gasteiger charge is -2.31. The number of morpholine rings is 1. The molecule has 1 aromatic heterocycles. The Bertz CT molecular complexity index is 492. The largest absolute Gasteiger partial charge is 0.479 e. The number of aromatic nitrogens is 2. The summed E-state index contributed by atoms with van der Waals surface area (Å²) in [6.45, 7) is 4.67. The summed E-state index contributed by atoms with van der Waals surface area (Å²) in [6.07, 6.45) is 0.0560. The Morgan fingerprint density at radius 3 is 2.85 bits per heavy atom. The van der Waals surface area contributed by atoms with E-state index in [1.807, 2.05) is 13.8 Å². The summed E-state index contributed by atoms with van der Waals surface area (Å²) < 4.78 is 5.10. The Kier molecular flexibility index (Phi) is 4.39. The first kappa shape index (κ1) is 14.5. The van der Waals surface area contributed by atoms with Crippen molar-refractivity contribution in [3.05, 3.63) is 17.0 Å². The summed E-state index contributed by atoms with van der Waals surface area (Å²) in [7, 11) is 0. The topological polar surface area (TPSA) is 95.5 Å². The number of carboxylic acids is 1. The van der Waals surface area contributed by atoms with Crippen molar-refractivity contribution in [2.24, 2.45) is 0 Å². The lowest BCUT2D eigenvalue weighted by Crippen LogP contribution is -2.48. The zero-order chi connectivity index (χ0) is 14.7. The highest BCUT2D eigenvalue weighted by molar-refractivity contribution is 5.79. The molecule has 7 nitrogen and oxygen atoms in total. The van der Waals surface area contributed by atoms with Crippen LogP contribution in [0.4, 0.5) is 0 Å². The molecule has 0 saturated carbocycles. The number of nitrogens with zero attached hydrogens (tertiary/aromatic N) is 2. The van der Waals surface area contributed by atoms with E-state index in [9.17, 15) is 9.59 Å². The Labute approximate surface area is 116 Å². The van der Waals surface area contributed by atoms with Crippen LogP contribution in [0.25, 0.3) is 0 Å². The summed E-state index contributed by atoms with van der Waals surface area (Å²) in [5, 5.41) is 15.9. The van der Waals surface area contributed by atoms with E-state index in [2.05, 4.69) is 10.2 Å². The number of H-pyrrole nitrogens is 1. The van der Waals surface area contributed by atoms with Crippen molar-refractivity contribution < 1.29 is 19.4 Å². The van der Waals surface area contributed by atoms with E-state index in [-0.39, 0.29) is 19.1 Å². The van der Waals surface area contributed by atoms with E-state index in [4.69, 9.17) is 9.84 Å². The molecule has 1 amide bonds. The predicted molar refractivity (Wildman–Crippen MR) is 70.3 cm³/mol. The highest BCUT2D eigenvalue weighted by atomic mass is 16.5. The van der Waals surface area contributed by atoms with Crippen LogP contribution in [0.3, 0.4) is 0 Å². The fourth-order valence-electron chi connectivity index (χ4n) is 2.36. The lowest BCUT2D eigenvalue weighted by atomic mass is 10.1. The number of rotatable bonds is 4. The SMILES string of the molecule is Cc1n[nH]c(C)c1CCC(=O)N1CCOC(C(=O)O)C1. The lowest BCUT2D eigenvalue weighted by molar-refractivity contribution is -0.159. The van der Waals surface area contributed by atoms with Gasteiger partial charge in [0.05, 0.1) is 18.8 Å². The van der Waals surface area contributed by atoms with E-state index in [1.54, 1.807) is 4.90 Å². The molecule has 0 spiro atoms. The first-order valence-electron chi connectivity index (χ1n) is 6.61. The molecular weight excluding hydrogens is 262 g/mol. The van der Waals surface area contributed by atoms with Gasteiger partial charge >= 0.3 is 5.97 Å². The Morgan fingerprint density at radius 1 is 1.50 bits per heavy atom. The van der Waals surface area contributed by atoms with E-state index in [0.717, 1.165) is 17.0 Å². The third kappa shape index (κ3) is 3.16. The molecule has 1 aromatic rings. The number of nitrogens with one attached hydrogen (secondary N) is 1. The molecule has 1 fully saturated rings. The summed E-state index contributed by atoms with van der Waals surface area (Å²) >= 11 is 0. The monoisotopic (exact) mass is 281 g/mol. The van der Waals surface area contributed by atoms with Gasteiger partial charge in [0.2, 0.25) is 5.91 Å². The molecule has 0 aliphatic carbocycles. The zero-order valence-corrected chi connectivity index (χ0v) is 11.7. The van der Waals surface area contributed by atoms with Gasteiger partial charge in [-0.15, -0.1) is 0 Å². The molecule has 1 atom stereocenters. The number of hydrogen-bond donors (Lipinski definition) is 2. The van der Waals surface area contributed by atoms with Crippen LogP contribution in [0.1, 0.15) is 23.4 Å². The average molecular weight is 281 g/mol. The van der Waals surface area contributed by atoms with Gasteiger partial charge in [-0.25, -0.2) is 4.79 Å². The van der Waals surface area contributed by atoms with Gasteiger partial charge in [-0.2, -0.15) is 5.10 Å². The first-order chi connectivity index (χ1) is 9.49. The smallest absolute Gasteiger partial charge is 0.334 e. The summed E-state index contributed by atoms with van der Waals surface area (Å²) in [4.78, 5) is 24.6. The number of aryl methyl sites for hydroxylation is 2. The molecular formula is C13H19N3O4. The van der Waals surface area contributed by atoms with E-state index < -0.39 is 12.1 Å². The van der Waals surface area contributed by atoms with Crippen LogP contribution in [0.15, 0.2) is 0 Å². The number of hydrogen-bond acceptors (Lipinski definition) is 4. The van der Waals surface area contributed by atoms with Crippen LogP contribution in [-0.4, -0.2) is 57.9 Å². The van der Waals surface area contributed by atoms with Crippen molar-refractivity contribution >= 4 is 11.9 Å². The minimum atomic E-state index is -1.02. The number of amides is 1. The van der Waals surface area contributed by atoms with Gasteiger partial charge in [0.15, 0.2) is 6.10 Å². The van der Waals surface area contributed by atoms with E-state index >= 15 is 0 Å². The highest BCUT2D eigenvalue weighted by Crippen LogP contribution is 2.14. The second kappa shape index (κ2) is 6.04. The first-order valence-corrected chi connectivity index (χ1v) is 6.61. The zero-order valence-electron chi connectivity index (χ0n) is 11.7. The van der Waals surface area contributed by atoms with Crippen molar-refractivity contribution in [1.82, 2.24) is 15.1 Å². The number of carbonyl (C=O) groups is 2. The van der Waals surface area contributed by atoms with Gasteiger partial charge in [0.25, 0.3) is 0 Å². The van der Waals surface area contributed by atoms with Crippen LogP contribution in [0.2, 0.25) is 0 Å². The number of ether oxygens (including phenoxy) is 1. The predicted octanol–water partition coefficient (Wildman–Crippen LogP) is 0.271. The number of carboxylic acid groups (broad SMARTS) is 1.